The van der Waals surface area contributed by atoms with Crippen molar-refractivity contribution in [2.75, 3.05) is 27.9 Å². The highest BCUT2D eigenvalue weighted by Crippen LogP contribution is 2.42. The van der Waals surface area contributed by atoms with Gasteiger partial charge in [0.05, 0.1) is 38.7 Å². The van der Waals surface area contributed by atoms with Gasteiger partial charge in [0.15, 0.2) is 11.5 Å². The molecule has 1 atom stereocenters. The van der Waals surface area contributed by atoms with Crippen molar-refractivity contribution in [1.82, 2.24) is 4.31 Å². The molecule has 0 aromatic heterocycles. The lowest BCUT2D eigenvalue weighted by molar-refractivity contribution is -0.141. The van der Waals surface area contributed by atoms with Crippen LogP contribution in [-0.4, -0.2) is 46.6 Å². The summed E-state index contributed by atoms with van der Waals surface area (Å²) in [6.07, 6.45) is 0.375. The summed E-state index contributed by atoms with van der Waals surface area (Å²) >= 11 is 3.32. The minimum atomic E-state index is -3.87. The summed E-state index contributed by atoms with van der Waals surface area (Å²) in [4.78, 5) is 12.3. The Bertz CT molecular complexity index is 1020. The van der Waals surface area contributed by atoms with Gasteiger partial charge >= 0.3 is 5.97 Å². The zero-order chi connectivity index (χ0) is 21.2. The molecule has 2 aromatic rings. The zero-order valence-corrected chi connectivity index (χ0v) is 18.7. The van der Waals surface area contributed by atoms with E-state index in [1.807, 2.05) is 6.07 Å². The number of carbonyl (C=O) groups is 1. The molecule has 0 unspecified atom stereocenters. The Morgan fingerprint density at radius 3 is 2.41 bits per heavy atom. The molecule has 9 heteroatoms. The van der Waals surface area contributed by atoms with Gasteiger partial charge in [-0.25, -0.2) is 8.42 Å². The molecule has 2 aromatic carbocycles. The molecule has 0 amide bonds. The lowest BCUT2D eigenvalue weighted by Gasteiger charge is -2.36. The molecular formula is C20H22BrNO6S. The number of halogens is 1. The second-order valence-electron chi connectivity index (χ2n) is 6.50. The van der Waals surface area contributed by atoms with Crippen LogP contribution >= 0.6 is 15.9 Å². The number of ether oxygens (including phenoxy) is 3. The van der Waals surface area contributed by atoms with Crippen LogP contribution in [0.25, 0.3) is 0 Å². The summed E-state index contributed by atoms with van der Waals surface area (Å²) in [6.45, 7) is 0.230. The van der Waals surface area contributed by atoms with Gasteiger partial charge in [0.2, 0.25) is 10.0 Å². The Kier molecular flexibility index (Phi) is 6.50. The predicted molar refractivity (Wildman–Crippen MR) is 111 cm³/mol. The molecular weight excluding hydrogens is 462 g/mol. The first-order valence-electron chi connectivity index (χ1n) is 8.91. The Hall–Kier alpha value is -2.10. The largest absolute Gasteiger partial charge is 0.493 e. The first kappa shape index (κ1) is 21.6. The van der Waals surface area contributed by atoms with Crippen molar-refractivity contribution in [1.29, 1.82) is 0 Å². The predicted octanol–water partition coefficient (Wildman–Crippen LogP) is 3.32. The maximum atomic E-state index is 13.5. The molecule has 0 bridgehead atoms. The third-order valence-electron chi connectivity index (χ3n) is 4.96. The molecule has 7 nitrogen and oxygen atoms in total. The average molecular weight is 484 g/mol. The zero-order valence-electron chi connectivity index (χ0n) is 16.3. The number of esters is 1. The van der Waals surface area contributed by atoms with Crippen LogP contribution in [0.4, 0.5) is 0 Å². The van der Waals surface area contributed by atoms with Gasteiger partial charge < -0.3 is 14.2 Å². The van der Waals surface area contributed by atoms with Crippen molar-refractivity contribution in [3.63, 3.8) is 0 Å². The normalized spacial score (nSPS) is 16.8. The van der Waals surface area contributed by atoms with Crippen LogP contribution < -0.4 is 9.47 Å². The topological polar surface area (TPSA) is 82.1 Å². The summed E-state index contributed by atoms with van der Waals surface area (Å²) in [7, 11) is 0.474. The molecule has 0 spiro atoms. The van der Waals surface area contributed by atoms with Gasteiger partial charge in [-0.05, 0) is 57.7 Å². The Morgan fingerprint density at radius 1 is 1.14 bits per heavy atom. The highest BCUT2D eigenvalue weighted by molar-refractivity contribution is 9.10. The van der Waals surface area contributed by atoms with Crippen LogP contribution in [0.5, 0.6) is 11.5 Å². The van der Waals surface area contributed by atoms with Crippen molar-refractivity contribution in [3.8, 4) is 11.5 Å². The molecule has 0 radical (unpaired) electrons. The van der Waals surface area contributed by atoms with Gasteiger partial charge in [0, 0.05) is 11.0 Å². The first-order chi connectivity index (χ1) is 13.8. The molecule has 156 valence electrons. The van der Waals surface area contributed by atoms with Crippen LogP contribution in [0.1, 0.15) is 23.6 Å². The van der Waals surface area contributed by atoms with E-state index in [4.69, 9.17) is 14.2 Å². The van der Waals surface area contributed by atoms with E-state index in [2.05, 4.69) is 15.9 Å². The van der Waals surface area contributed by atoms with Crippen molar-refractivity contribution in [2.24, 2.45) is 0 Å². The molecule has 1 aliphatic rings. The molecule has 3 rings (SSSR count). The summed E-state index contributed by atoms with van der Waals surface area (Å²) in [5.41, 5.74) is 1.62. The van der Waals surface area contributed by atoms with Gasteiger partial charge in [0.25, 0.3) is 0 Å². The molecule has 29 heavy (non-hydrogen) atoms. The van der Waals surface area contributed by atoms with Crippen LogP contribution in [0.15, 0.2) is 45.8 Å². The molecule has 1 aliphatic heterocycles. The molecule has 0 N–H and O–H groups in total. The summed E-state index contributed by atoms with van der Waals surface area (Å²) in [5, 5.41) is 0. The smallest absolute Gasteiger partial charge is 0.307 e. The van der Waals surface area contributed by atoms with E-state index in [0.717, 1.165) is 5.56 Å². The van der Waals surface area contributed by atoms with Gasteiger partial charge in [-0.15, -0.1) is 0 Å². The molecule has 0 aliphatic carbocycles. The number of carbonyl (C=O) groups excluding carboxylic acids is 1. The highest BCUT2D eigenvalue weighted by atomic mass is 79.9. The number of rotatable bonds is 6. The van der Waals surface area contributed by atoms with E-state index in [1.165, 1.54) is 18.5 Å². The number of hydrogen-bond acceptors (Lipinski definition) is 6. The number of fused-ring (bicyclic) bond motifs is 1. The minimum absolute atomic E-state index is 0.108. The minimum Gasteiger partial charge on any atom is -0.493 e. The second-order valence-corrected chi connectivity index (χ2v) is 9.21. The first-order valence-corrected chi connectivity index (χ1v) is 11.1. The monoisotopic (exact) mass is 483 g/mol. The van der Waals surface area contributed by atoms with E-state index in [-0.39, 0.29) is 17.9 Å². The Morgan fingerprint density at radius 2 is 1.79 bits per heavy atom. The van der Waals surface area contributed by atoms with Gasteiger partial charge in [-0.2, -0.15) is 4.31 Å². The maximum Gasteiger partial charge on any atom is 0.307 e. The van der Waals surface area contributed by atoms with E-state index < -0.39 is 22.0 Å². The summed E-state index contributed by atoms with van der Waals surface area (Å²) in [6, 6.07) is 9.48. The fraction of sp³-hybridized carbons (Fsp3) is 0.350. The SMILES string of the molecule is COC(=O)C[C@@H]1c2cc(OC)c(OC)cc2CCN1S(=O)(=O)c1ccccc1Br. The lowest BCUT2D eigenvalue weighted by Crippen LogP contribution is -2.41. The molecule has 1 heterocycles. The summed E-state index contributed by atoms with van der Waals surface area (Å²) < 4.78 is 44.3. The standard InChI is InChI=1S/C20H22BrNO6S/c1-26-17-10-13-8-9-22(29(24,25)19-7-5-4-6-15(19)21)16(12-20(23)28-3)14(13)11-18(17)27-2/h4-7,10-11,16H,8-9,12H2,1-3H3/t16-/m1/s1. The van der Waals surface area contributed by atoms with Crippen molar-refractivity contribution in [3.05, 3.63) is 52.0 Å². The number of sulfonamides is 1. The van der Waals surface area contributed by atoms with Crippen LogP contribution in [-0.2, 0) is 26.0 Å². The number of nitrogens with zero attached hydrogens (tertiary/aromatic N) is 1. The van der Waals surface area contributed by atoms with E-state index in [1.54, 1.807) is 37.4 Å². The van der Waals surface area contributed by atoms with Crippen molar-refractivity contribution >= 4 is 31.9 Å². The van der Waals surface area contributed by atoms with Gasteiger partial charge in [-0.1, -0.05) is 12.1 Å². The second kappa shape index (κ2) is 8.73. The van der Waals surface area contributed by atoms with Crippen LogP contribution in [0.3, 0.4) is 0 Å². The van der Waals surface area contributed by atoms with Gasteiger partial charge in [0.1, 0.15) is 0 Å². The van der Waals surface area contributed by atoms with E-state index in [0.29, 0.717) is 28.0 Å². The third kappa shape index (κ3) is 4.12. The van der Waals surface area contributed by atoms with Crippen molar-refractivity contribution < 1.29 is 27.4 Å². The molecule has 0 saturated heterocycles. The Balaban J connectivity index is 2.14. The Labute approximate surface area is 178 Å². The number of benzene rings is 2. The fourth-order valence-corrected chi connectivity index (χ4v) is 6.10. The summed E-state index contributed by atoms with van der Waals surface area (Å²) in [5.74, 6) is 0.538. The van der Waals surface area contributed by atoms with E-state index >= 15 is 0 Å². The lowest BCUT2D eigenvalue weighted by atomic mass is 9.91. The average Bonchev–Trinajstić information content (AvgIpc) is 2.72. The third-order valence-corrected chi connectivity index (χ3v) is 7.88. The van der Waals surface area contributed by atoms with E-state index in [9.17, 15) is 13.2 Å². The fourth-order valence-electron chi connectivity index (χ4n) is 3.53. The van der Waals surface area contributed by atoms with Crippen LogP contribution in [0, 0.1) is 0 Å². The van der Waals surface area contributed by atoms with Crippen molar-refractivity contribution in [2.45, 2.75) is 23.8 Å². The van der Waals surface area contributed by atoms with Gasteiger partial charge in [-0.3, -0.25) is 4.79 Å². The molecule has 0 fully saturated rings. The van der Waals surface area contributed by atoms with Crippen LogP contribution in [0.2, 0.25) is 0 Å². The highest BCUT2D eigenvalue weighted by Gasteiger charge is 2.39. The quantitative estimate of drug-likeness (QED) is 0.586. The number of hydrogen-bond donors (Lipinski definition) is 0. The molecule has 0 saturated carbocycles. The number of methoxy groups -OCH3 is 3. The maximum absolute atomic E-state index is 13.5.